The van der Waals surface area contributed by atoms with Gasteiger partial charge in [-0.25, -0.2) is 5.84 Å². The number of nitrogens with zero attached hydrogens (tertiary/aromatic N) is 2. The first-order valence-corrected chi connectivity index (χ1v) is 6.96. The molecule has 4 heteroatoms. The average Bonchev–Trinajstić information content (AvgIpc) is 2.92. The van der Waals surface area contributed by atoms with Gasteiger partial charge in [0.15, 0.2) is 0 Å². The topological polar surface area (TPSA) is 53.6 Å². The van der Waals surface area contributed by atoms with Crippen LogP contribution in [0.2, 0.25) is 0 Å². The van der Waals surface area contributed by atoms with Crippen LogP contribution in [0.5, 0.6) is 0 Å². The summed E-state index contributed by atoms with van der Waals surface area (Å²) in [5.41, 5.74) is 2.73. The molecule has 0 aromatic carbocycles. The van der Waals surface area contributed by atoms with E-state index < -0.39 is 0 Å². The maximum Gasteiger partial charge on any atom is 0.208 e. The molecule has 2 bridgehead atoms. The van der Waals surface area contributed by atoms with Crippen molar-refractivity contribution in [1.29, 1.82) is 0 Å². The van der Waals surface area contributed by atoms with Crippen molar-refractivity contribution in [1.82, 2.24) is 10.3 Å². The molecule has 0 radical (unpaired) electrons. The van der Waals surface area contributed by atoms with E-state index >= 15 is 0 Å². The van der Waals surface area contributed by atoms with Crippen LogP contribution in [0.4, 0.5) is 0 Å². The lowest BCUT2D eigenvalue weighted by atomic mass is 9.88. The van der Waals surface area contributed by atoms with Crippen molar-refractivity contribution in [2.24, 2.45) is 28.6 Å². The summed E-state index contributed by atoms with van der Waals surface area (Å²) in [5, 5.41) is 0. The summed E-state index contributed by atoms with van der Waals surface area (Å²) < 4.78 is 0. The molecule has 0 aromatic heterocycles. The van der Waals surface area contributed by atoms with E-state index in [1.807, 2.05) is 0 Å². The van der Waals surface area contributed by atoms with E-state index in [-0.39, 0.29) is 0 Å². The molecule has 3 N–H and O–H groups in total. The summed E-state index contributed by atoms with van der Waals surface area (Å²) in [6.07, 6.45) is 6.86. The predicted octanol–water partition coefficient (Wildman–Crippen LogP) is 1.58. The first-order chi connectivity index (χ1) is 8.24. The van der Waals surface area contributed by atoms with E-state index in [1.165, 1.54) is 25.7 Å². The van der Waals surface area contributed by atoms with Gasteiger partial charge >= 0.3 is 0 Å². The highest BCUT2D eigenvalue weighted by Crippen LogP contribution is 2.48. The van der Waals surface area contributed by atoms with E-state index in [0.29, 0.717) is 0 Å². The van der Waals surface area contributed by atoms with Crippen molar-refractivity contribution in [3.05, 3.63) is 0 Å². The number of hydrogen-bond donors (Lipinski definition) is 2. The molecule has 3 atom stereocenters. The van der Waals surface area contributed by atoms with Gasteiger partial charge in [-0.1, -0.05) is 13.3 Å². The number of hydrogen-bond acceptors (Lipinski definition) is 2. The summed E-state index contributed by atoms with van der Waals surface area (Å²) in [5.74, 6) is 9.22. The Kier molecular flexibility index (Phi) is 4.26. The summed E-state index contributed by atoms with van der Waals surface area (Å²) in [4.78, 5) is 6.67. The minimum atomic E-state index is 0.842. The highest BCUT2D eigenvalue weighted by Gasteiger charge is 2.39. The third kappa shape index (κ3) is 2.92. The second-order valence-electron chi connectivity index (χ2n) is 5.67. The quantitative estimate of drug-likeness (QED) is 0.338. The molecule has 0 aromatic rings. The first-order valence-electron chi connectivity index (χ1n) is 6.96. The smallest absolute Gasteiger partial charge is 0.208 e. The maximum absolute atomic E-state index is 5.54. The number of rotatable bonds is 4. The summed E-state index contributed by atoms with van der Waals surface area (Å²) >= 11 is 0. The zero-order chi connectivity index (χ0) is 12.3. The molecule has 3 unspecified atom stereocenters. The van der Waals surface area contributed by atoms with Crippen LogP contribution in [0, 0.1) is 17.8 Å². The number of aliphatic imine (C=N–C) groups is 1. The molecule has 98 valence electrons. The number of fused-ring (bicyclic) bond motifs is 2. The third-order valence-electron chi connectivity index (χ3n) is 4.37. The molecule has 17 heavy (non-hydrogen) atoms. The van der Waals surface area contributed by atoms with Gasteiger partial charge in [0.2, 0.25) is 5.96 Å². The van der Waals surface area contributed by atoms with Gasteiger partial charge in [-0.2, -0.15) is 0 Å². The van der Waals surface area contributed by atoms with Crippen LogP contribution in [0.1, 0.15) is 39.0 Å². The fourth-order valence-electron chi connectivity index (χ4n) is 3.53. The number of nitrogens with two attached hydrogens (primary N) is 1. The fraction of sp³-hybridized carbons (Fsp3) is 0.923. The minimum absolute atomic E-state index is 0.842. The molecular formula is C13H26N4. The largest absolute Gasteiger partial charge is 0.345 e. The van der Waals surface area contributed by atoms with Crippen LogP contribution in [-0.4, -0.2) is 31.0 Å². The minimum Gasteiger partial charge on any atom is -0.345 e. The zero-order valence-corrected chi connectivity index (χ0v) is 11.2. The average molecular weight is 238 g/mol. The van der Waals surface area contributed by atoms with E-state index in [4.69, 9.17) is 5.84 Å². The van der Waals surface area contributed by atoms with Crippen molar-refractivity contribution in [2.45, 2.75) is 39.0 Å². The van der Waals surface area contributed by atoms with Crippen LogP contribution >= 0.6 is 0 Å². The van der Waals surface area contributed by atoms with Gasteiger partial charge in [0.1, 0.15) is 0 Å². The van der Waals surface area contributed by atoms with E-state index in [0.717, 1.165) is 43.2 Å². The van der Waals surface area contributed by atoms with E-state index in [1.54, 1.807) is 0 Å². The van der Waals surface area contributed by atoms with Gasteiger partial charge in [-0.15, -0.1) is 0 Å². The van der Waals surface area contributed by atoms with Crippen molar-refractivity contribution >= 4 is 5.96 Å². The first kappa shape index (κ1) is 12.7. The Labute approximate surface area is 105 Å². The lowest BCUT2D eigenvalue weighted by Crippen LogP contribution is -2.45. The SMILES string of the molecule is CCCN=C(NN)N(C)CC1CC2CCC1C2. The molecular weight excluding hydrogens is 212 g/mol. The summed E-state index contributed by atoms with van der Waals surface area (Å²) in [6.45, 7) is 4.09. The predicted molar refractivity (Wildman–Crippen MR) is 71.5 cm³/mol. The Balaban J connectivity index is 1.85. The van der Waals surface area contributed by atoms with Gasteiger partial charge in [0.25, 0.3) is 0 Å². The molecule has 2 aliphatic carbocycles. The van der Waals surface area contributed by atoms with Crippen LogP contribution in [0.25, 0.3) is 0 Å². The molecule has 2 aliphatic rings. The van der Waals surface area contributed by atoms with Gasteiger partial charge < -0.3 is 4.90 Å². The van der Waals surface area contributed by atoms with Crippen molar-refractivity contribution < 1.29 is 0 Å². The Morgan fingerprint density at radius 1 is 1.41 bits per heavy atom. The second kappa shape index (κ2) is 5.71. The Bertz CT molecular complexity index is 277. The molecule has 0 amide bonds. The van der Waals surface area contributed by atoms with Crippen LogP contribution in [0.3, 0.4) is 0 Å². The molecule has 0 spiro atoms. The van der Waals surface area contributed by atoms with Gasteiger partial charge in [0, 0.05) is 20.1 Å². The van der Waals surface area contributed by atoms with E-state index in [2.05, 4.69) is 29.3 Å². The molecule has 2 saturated carbocycles. The third-order valence-corrected chi connectivity index (χ3v) is 4.37. The molecule has 4 nitrogen and oxygen atoms in total. The number of nitrogens with one attached hydrogen (secondary N) is 1. The lowest BCUT2D eigenvalue weighted by molar-refractivity contribution is 0.272. The van der Waals surface area contributed by atoms with E-state index in [9.17, 15) is 0 Å². The molecule has 0 saturated heterocycles. The lowest BCUT2D eigenvalue weighted by Gasteiger charge is -2.28. The van der Waals surface area contributed by atoms with Crippen LogP contribution in [0.15, 0.2) is 4.99 Å². The number of guanidine groups is 1. The molecule has 2 rings (SSSR count). The van der Waals surface area contributed by atoms with Crippen molar-refractivity contribution in [2.75, 3.05) is 20.1 Å². The van der Waals surface area contributed by atoms with Gasteiger partial charge in [-0.05, 0) is 43.4 Å². The second-order valence-corrected chi connectivity index (χ2v) is 5.67. The van der Waals surface area contributed by atoms with Crippen molar-refractivity contribution in [3.63, 3.8) is 0 Å². The molecule has 0 aliphatic heterocycles. The highest BCUT2D eigenvalue weighted by molar-refractivity contribution is 5.79. The van der Waals surface area contributed by atoms with Crippen LogP contribution < -0.4 is 11.3 Å². The fourth-order valence-corrected chi connectivity index (χ4v) is 3.53. The summed E-state index contributed by atoms with van der Waals surface area (Å²) in [6, 6.07) is 0. The monoisotopic (exact) mass is 238 g/mol. The molecule has 0 heterocycles. The molecule has 2 fully saturated rings. The van der Waals surface area contributed by atoms with Crippen molar-refractivity contribution in [3.8, 4) is 0 Å². The Morgan fingerprint density at radius 2 is 2.24 bits per heavy atom. The Morgan fingerprint density at radius 3 is 2.76 bits per heavy atom. The maximum atomic E-state index is 5.54. The van der Waals surface area contributed by atoms with Crippen LogP contribution in [-0.2, 0) is 0 Å². The zero-order valence-electron chi connectivity index (χ0n) is 11.2. The van der Waals surface area contributed by atoms with Gasteiger partial charge in [0.05, 0.1) is 0 Å². The Hall–Kier alpha value is -0.770. The van der Waals surface area contributed by atoms with Gasteiger partial charge in [-0.3, -0.25) is 10.4 Å². The number of hydrazine groups is 1. The normalized spacial score (nSPS) is 31.9. The summed E-state index contributed by atoms with van der Waals surface area (Å²) in [7, 11) is 2.10. The highest BCUT2D eigenvalue weighted by atomic mass is 15.4. The standard InChI is InChI=1S/C13H26N4/c1-3-6-15-13(16-14)17(2)9-12-8-10-4-5-11(12)7-10/h10-12H,3-9,14H2,1-2H3,(H,15,16).